The molecule has 1 amide bonds. The Hall–Kier alpha value is -4.13. The number of ether oxygens (including phenoxy) is 3. The van der Waals surface area contributed by atoms with Crippen LogP contribution >= 0.6 is 0 Å². The van der Waals surface area contributed by atoms with Crippen molar-refractivity contribution >= 4 is 18.1 Å². The van der Waals surface area contributed by atoms with Crippen molar-refractivity contribution in [3.05, 3.63) is 89.5 Å². The van der Waals surface area contributed by atoms with Crippen molar-refractivity contribution in [2.75, 3.05) is 14.2 Å². The van der Waals surface area contributed by atoms with Crippen molar-refractivity contribution < 1.29 is 23.8 Å². The van der Waals surface area contributed by atoms with E-state index in [2.05, 4.69) is 10.5 Å². The summed E-state index contributed by atoms with van der Waals surface area (Å²) < 4.78 is 15.8. The van der Waals surface area contributed by atoms with E-state index in [0.717, 1.165) is 5.56 Å². The van der Waals surface area contributed by atoms with Gasteiger partial charge in [-0.15, -0.1) is 0 Å². The van der Waals surface area contributed by atoms with E-state index in [1.54, 1.807) is 49.6 Å². The number of carbonyl (C=O) groups is 2. The van der Waals surface area contributed by atoms with E-state index in [1.807, 2.05) is 30.3 Å². The van der Waals surface area contributed by atoms with Gasteiger partial charge in [0.05, 0.1) is 32.4 Å². The third kappa shape index (κ3) is 6.17. The van der Waals surface area contributed by atoms with Gasteiger partial charge in [-0.2, -0.15) is 5.10 Å². The fraction of sp³-hybridized carbons (Fsp3) is 0.125. The first-order valence-electron chi connectivity index (χ1n) is 9.49. The van der Waals surface area contributed by atoms with Gasteiger partial charge in [-0.05, 0) is 53.6 Å². The molecule has 0 aliphatic heterocycles. The molecule has 0 saturated carbocycles. The molecule has 7 heteroatoms. The second-order valence-corrected chi connectivity index (χ2v) is 6.48. The van der Waals surface area contributed by atoms with Crippen LogP contribution in [0.5, 0.6) is 17.2 Å². The number of carbonyl (C=O) groups excluding carboxylic acids is 2. The molecule has 158 valence electrons. The number of methoxy groups -OCH3 is 2. The van der Waals surface area contributed by atoms with Gasteiger partial charge in [0.2, 0.25) is 5.91 Å². The molecular weight excluding hydrogens is 396 g/mol. The van der Waals surface area contributed by atoms with Crippen LogP contribution in [-0.2, 0) is 11.2 Å². The molecule has 0 fully saturated rings. The SMILES string of the molecule is COc1ccc(C(=O)Oc2ccc(C=NNC(=O)Cc3ccccc3)cc2OC)cc1. The number of amides is 1. The number of hydrogen-bond acceptors (Lipinski definition) is 6. The van der Waals surface area contributed by atoms with Gasteiger partial charge in [0.25, 0.3) is 0 Å². The van der Waals surface area contributed by atoms with E-state index in [1.165, 1.54) is 13.3 Å². The highest BCUT2D eigenvalue weighted by molar-refractivity contribution is 5.92. The molecule has 0 aliphatic carbocycles. The quantitative estimate of drug-likeness (QED) is 0.261. The zero-order valence-electron chi connectivity index (χ0n) is 17.2. The summed E-state index contributed by atoms with van der Waals surface area (Å²) in [5, 5.41) is 3.97. The van der Waals surface area contributed by atoms with Gasteiger partial charge in [-0.3, -0.25) is 4.79 Å². The summed E-state index contributed by atoms with van der Waals surface area (Å²) in [4.78, 5) is 24.3. The summed E-state index contributed by atoms with van der Waals surface area (Å²) in [5.74, 6) is 0.540. The van der Waals surface area contributed by atoms with Crippen molar-refractivity contribution in [1.29, 1.82) is 0 Å². The summed E-state index contributed by atoms with van der Waals surface area (Å²) in [7, 11) is 3.03. The topological polar surface area (TPSA) is 86.2 Å². The molecule has 0 saturated heterocycles. The fourth-order valence-electron chi connectivity index (χ4n) is 2.73. The predicted molar refractivity (Wildman–Crippen MR) is 117 cm³/mol. The lowest BCUT2D eigenvalue weighted by Crippen LogP contribution is -2.19. The normalized spacial score (nSPS) is 10.5. The number of rotatable bonds is 8. The zero-order chi connectivity index (χ0) is 22.1. The Morgan fingerprint density at radius 1 is 0.903 bits per heavy atom. The van der Waals surface area contributed by atoms with E-state index in [4.69, 9.17) is 14.2 Å². The van der Waals surface area contributed by atoms with Crippen LogP contribution in [0.2, 0.25) is 0 Å². The number of hydrazone groups is 1. The van der Waals surface area contributed by atoms with Crippen LogP contribution in [0.4, 0.5) is 0 Å². The van der Waals surface area contributed by atoms with E-state index >= 15 is 0 Å². The average Bonchev–Trinajstić information content (AvgIpc) is 2.80. The van der Waals surface area contributed by atoms with Crippen LogP contribution in [0.15, 0.2) is 77.9 Å². The number of benzene rings is 3. The van der Waals surface area contributed by atoms with Gasteiger partial charge in [-0.25, -0.2) is 10.2 Å². The summed E-state index contributed by atoms with van der Waals surface area (Å²) in [6.45, 7) is 0. The van der Waals surface area contributed by atoms with Crippen LogP contribution in [-0.4, -0.2) is 32.3 Å². The Kier molecular flexibility index (Phi) is 7.37. The Labute approximate surface area is 180 Å². The number of hydrogen-bond donors (Lipinski definition) is 1. The molecule has 3 rings (SSSR count). The Bertz CT molecular complexity index is 1060. The Morgan fingerprint density at radius 2 is 1.65 bits per heavy atom. The molecule has 0 aliphatic rings. The second-order valence-electron chi connectivity index (χ2n) is 6.48. The summed E-state index contributed by atoms with van der Waals surface area (Å²) >= 11 is 0. The van der Waals surface area contributed by atoms with Gasteiger partial charge in [0.15, 0.2) is 11.5 Å². The summed E-state index contributed by atoms with van der Waals surface area (Å²) in [5.41, 5.74) is 4.44. The molecule has 3 aromatic carbocycles. The van der Waals surface area contributed by atoms with Crippen LogP contribution < -0.4 is 19.6 Å². The van der Waals surface area contributed by atoms with Gasteiger partial charge < -0.3 is 14.2 Å². The molecule has 1 N–H and O–H groups in total. The molecule has 0 bridgehead atoms. The predicted octanol–water partition coefficient (Wildman–Crippen LogP) is 3.62. The standard InChI is InChI=1S/C24H22N2O5/c1-29-20-11-9-19(10-12-20)24(28)31-21-13-8-18(14-22(21)30-2)16-25-26-23(27)15-17-6-4-3-5-7-17/h3-14,16H,15H2,1-2H3,(H,26,27). The molecular formula is C24H22N2O5. The van der Waals surface area contributed by atoms with Crippen molar-refractivity contribution in [2.24, 2.45) is 5.10 Å². The van der Waals surface area contributed by atoms with Crippen molar-refractivity contribution in [3.8, 4) is 17.2 Å². The molecule has 0 atom stereocenters. The van der Waals surface area contributed by atoms with E-state index in [-0.39, 0.29) is 18.1 Å². The first-order valence-corrected chi connectivity index (χ1v) is 9.49. The van der Waals surface area contributed by atoms with Crippen LogP contribution in [0.1, 0.15) is 21.5 Å². The third-order valence-electron chi connectivity index (χ3n) is 4.33. The minimum absolute atomic E-state index is 0.223. The maximum atomic E-state index is 12.4. The Balaban J connectivity index is 1.61. The van der Waals surface area contributed by atoms with Crippen LogP contribution in [0, 0.1) is 0 Å². The van der Waals surface area contributed by atoms with Gasteiger partial charge >= 0.3 is 5.97 Å². The maximum absolute atomic E-state index is 12.4. The molecule has 0 aromatic heterocycles. The summed E-state index contributed by atoms with van der Waals surface area (Å²) in [6.07, 6.45) is 1.72. The van der Waals surface area contributed by atoms with Crippen molar-refractivity contribution in [1.82, 2.24) is 5.43 Å². The highest BCUT2D eigenvalue weighted by atomic mass is 16.6. The van der Waals surface area contributed by atoms with Crippen LogP contribution in [0.25, 0.3) is 0 Å². The molecule has 0 spiro atoms. The molecule has 0 unspecified atom stereocenters. The lowest BCUT2D eigenvalue weighted by atomic mass is 10.1. The molecule has 3 aromatic rings. The molecule has 31 heavy (non-hydrogen) atoms. The van der Waals surface area contributed by atoms with Crippen molar-refractivity contribution in [2.45, 2.75) is 6.42 Å². The molecule has 7 nitrogen and oxygen atoms in total. The lowest BCUT2D eigenvalue weighted by molar-refractivity contribution is -0.120. The zero-order valence-corrected chi connectivity index (χ0v) is 17.2. The maximum Gasteiger partial charge on any atom is 0.343 e. The van der Waals surface area contributed by atoms with Gasteiger partial charge in [0, 0.05) is 0 Å². The average molecular weight is 418 g/mol. The minimum Gasteiger partial charge on any atom is -0.497 e. The molecule has 0 heterocycles. The first kappa shape index (κ1) is 21.6. The minimum atomic E-state index is -0.518. The van der Waals surface area contributed by atoms with E-state index < -0.39 is 5.97 Å². The van der Waals surface area contributed by atoms with Crippen molar-refractivity contribution in [3.63, 3.8) is 0 Å². The third-order valence-corrected chi connectivity index (χ3v) is 4.33. The highest BCUT2D eigenvalue weighted by Crippen LogP contribution is 2.28. The Morgan fingerprint density at radius 3 is 2.32 bits per heavy atom. The first-order chi connectivity index (χ1) is 15.1. The monoisotopic (exact) mass is 418 g/mol. The van der Waals surface area contributed by atoms with E-state index in [0.29, 0.717) is 22.6 Å². The summed E-state index contributed by atoms with van der Waals surface area (Å²) in [6, 6.07) is 21.0. The highest BCUT2D eigenvalue weighted by Gasteiger charge is 2.13. The molecule has 0 radical (unpaired) electrons. The smallest absolute Gasteiger partial charge is 0.343 e. The number of nitrogens with zero attached hydrogens (tertiary/aromatic N) is 1. The van der Waals surface area contributed by atoms with Gasteiger partial charge in [0.1, 0.15) is 5.75 Å². The second kappa shape index (κ2) is 10.6. The lowest BCUT2D eigenvalue weighted by Gasteiger charge is -2.10. The van der Waals surface area contributed by atoms with Gasteiger partial charge in [-0.1, -0.05) is 30.3 Å². The number of nitrogens with one attached hydrogen (secondary N) is 1. The van der Waals surface area contributed by atoms with Crippen LogP contribution in [0.3, 0.4) is 0 Å². The largest absolute Gasteiger partial charge is 0.497 e. The fourth-order valence-corrected chi connectivity index (χ4v) is 2.73. The van der Waals surface area contributed by atoms with E-state index in [9.17, 15) is 9.59 Å². The number of esters is 1.